The highest BCUT2D eigenvalue weighted by Crippen LogP contribution is 2.15. The molecule has 0 atom stereocenters. The molecule has 0 aliphatic heterocycles. The van der Waals surface area contributed by atoms with Gasteiger partial charge in [-0.15, -0.1) is 0 Å². The molecule has 24 heavy (non-hydrogen) atoms. The van der Waals surface area contributed by atoms with E-state index in [2.05, 4.69) is 30.6 Å². The van der Waals surface area contributed by atoms with Gasteiger partial charge in [-0.3, -0.25) is 0 Å². The van der Waals surface area contributed by atoms with Gasteiger partial charge in [0.15, 0.2) is 0 Å². The second-order valence-electron chi connectivity index (χ2n) is 5.16. The predicted molar refractivity (Wildman–Crippen MR) is 91.3 cm³/mol. The molecule has 3 aromatic rings. The molecule has 2 aromatic heterocycles. The first kappa shape index (κ1) is 15.7. The zero-order valence-corrected chi connectivity index (χ0v) is 13.3. The molecule has 0 unspecified atom stereocenters. The number of carbonyl (C=O) groups excluding carboxylic acids is 1. The number of hydrogen-bond acceptors (Lipinski definition) is 4. The van der Waals surface area contributed by atoms with Crippen molar-refractivity contribution in [2.75, 3.05) is 5.32 Å². The lowest BCUT2D eigenvalue weighted by molar-refractivity contribution is 0.251. The van der Waals surface area contributed by atoms with Gasteiger partial charge >= 0.3 is 6.03 Å². The van der Waals surface area contributed by atoms with E-state index < -0.39 is 0 Å². The lowest BCUT2D eigenvalue weighted by Gasteiger charge is -2.06. The highest BCUT2D eigenvalue weighted by atomic mass is 16.2. The van der Waals surface area contributed by atoms with Gasteiger partial charge in [0.2, 0.25) is 0 Å². The topological polar surface area (TPSA) is 95.6 Å². The molecule has 2 amide bonds. The second-order valence-corrected chi connectivity index (χ2v) is 5.16. The molecule has 2 heterocycles. The summed E-state index contributed by atoms with van der Waals surface area (Å²) in [4.78, 5) is 27.6. The van der Waals surface area contributed by atoms with Crippen LogP contribution in [-0.4, -0.2) is 26.0 Å². The number of H-pyrrole nitrogens is 1. The molecule has 1 aromatic carbocycles. The van der Waals surface area contributed by atoms with Crippen molar-refractivity contribution in [1.82, 2.24) is 25.3 Å². The van der Waals surface area contributed by atoms with Crippen LogP contribution >= 0.6 is 0 Å². The zero-order chi connectivity index (χ0) is 16.8. The van der Waals surface area contributed by atoms with E-state index in [-0.39, 0.29) is 6.03 Å². The number of urea groups is 1. The monoisotopic (exact) mass is 322 g/mol. The number of amides is 2. The summed E-state index contributed by atoms with van der Waals surface area (Å²) in [5, 5.41) is 5.43. The Balaban J connectivity index is 1.53. The summed E-state index contributed by atoms with van der Waals surface area (Å²) in [6.07, 6.45) is 5.69. The zero-order valence-electron chi connectivity index (χ0n) is 13.3. The fourth-order valence-electron chi connectivity index (χ4n) is 2.16. The highest BCUT2D eigenvalue weighted by Gasteiger charge is 2.06. The van der Waals surface area contributed by atoms with Crippen LogP contribution in [0.3, 0.4) is 0 Å². The summed E-state index contributed by atoms with van der Waals surface area (Å²) in [6.45, 7) is 2.27. The number of carbonyl (C=O) groups is 1. The smallest absolute Gasteiger partial charge is 0.319 e. The molecule has 3 rings (SSSR count). The third kappa shape index (κ3) is 3.95. The number of aromatic amines is 1. The van der Waals surface area contributed by atoms with Gasteiger partial charge in [0.05, 0.1) is 36.5 Å². The number of rotatable bonds is 5. The molecule has 7 nitrogen and oxygen atoms in total. The number of aromatic nitrogens is 4. The van der Waals surface area contributed by atoms with Gasteiger partial charge in [-0.2, -0.15) is 0 Å². The number of hydrogen-bond donors (Lipinski definition) is 3. The maximum atomic E-state index is 11.9. The van der Waals surface area contributed by atoms with Crippen molar-refractivity contribution in [3.63, 3.8) is 0 Å². The van der Waals surface area contributed by atoms with Gasteiger partial charge in [-0.25, -0.2) is 19.7 Å². The molecule has 0 saturated heterocycles. The van der Waals surface area contributed by atoms with Crippen molar-refractivity contribution in [1.29, 1.82) is 0 Å². The number of nitrogens with one attached hydrogen (secondary N) is 3. The Bertz CT molecular complexity index is 797. The Morgan fingerprint density at radius 1 is 1.08 bits per heavy atom. The van der Waals surface area contributed by atoms with E-state index in [1.807, 2.05) is 37.3 Å². The molecule has 0 bridgehead atoms. The molecule has 3 N–H and O–H groups in total. The number of imidazole rings is 1. The van der Waals surface area contributed by atoms with Crippen LogP contribution in [0.1, 0.15) is 18.6 Å². The Morgan fingerprint density at radius 3 is 2.54 bits per heavy atom. The summed E-state index contributed by atoms with van der Waals surface area (Å²) in [7, 11) is 0. The molecule has 7 heteroatoms. The van der Waals surface area contributed by atoms with E-state index in [9.17, 15) is 4.79 Å². The van der Waals surface area contributed by atoms with Crippen LogP contribution in [0, 0.1) is 0 Å². The van der Waals surface area contributed by atoms with Gasteiger partial charge in [-0.1, -0.05) is 37.3 Å². The maximum Gasteiger partial charge on any atom is 0.319 e. The minimum absolute atomic E-state index is 0.298. The molecular weight excluding hydrogens is 304 g/mol. The number of anilines is 1. The number of nitrogens with zero attached hydrogens (tertiary/aromatic N) is 3. The van der Waals surface area contributed by atoms with Crippen LogP contribution in [0.15, 0.2) is 48.9 Å². The van der Waals surface area contributed by atoms with Crippen LogP contribution in [0.5, 0.6) is 0 Å². The van der Waals surface area contributed by atoms with Crippen LogP contribution in [0.4, 0.5) is 10.5 Å². The standard InChI is InChI=1S/C17H18N6O/c1-2-15-18-8-13(9-19-15)22-17(24)21-11-16-20-10-14(23-16)12-6-4-3-5-7-12/h3-10H,2,11H2,1H3,(H,20,23)(H2,21,22,24). The molecule has 0 aliphatic rings. The van der Waals surface area contributed by atoms with Gasteiger partial charge in [0, 0.05) is 6.42 Å². The van der Waals surface area contributed by atoms with E-state index >= 15 is 0 Å². The Labute approximate surface area is 139 Å². The first-order valence-corrected chi connectivity index (χ1v) is 7.69. The summed E-state index contributed by atoms with van der Waals surface area (Å²) < 4.78 is 0. The van der Waals surface area contributed by atoms with Gasteiger partial charge < -0.3 is 15.6 Å². The normalized spacial score (nSPS) is 10.4. The SMILES string of the molecule is CCc1ncc(NC(=O)NCc2ncc(-c3ccccc3)[nH]2)cn1. The summed E-state index contributed by atoms with van der Waals surface area (Å²) >= 11 is 0. The van der Waals surface area contributed by atoms with Crippen LogP contribution < -0.4 is 10.6 Å². The first-order valence-electron chi connectivity index (χ1n) is 7.69. The van der Waals surface area contributed by atoms with Crippen molar-refractivity contribution in [2.45, 2.75) is 19.9 Å². The molecular formula is C17H18N6O. The lowest BCUT2D eigenvalue weighted by Crippen LogP contribution is -2.28. The number of aryl methyl sites for hydroxylation is 1. The fraction of sp³-hybridized carbons (Fsp3) is 0.176. The summed E-state index contributed by atoms with van der Waals surface area (Å²) in [5.74, 6) is 1.42. The molecule has 0 fully saturated rings. The predicted octanol–water partition coefficient (Wildman–Crippen LogP) is 2.75. The van der Waals surface area contributed by atoms with Crippen molar-refractivity contribution < 1.29 is 4.79 Å². The number of benzene rings is 1. The minimum atomic E-state index is -0.333. The molecule has 122 valence electrons. The Hall–Kier alpha value is -3.22. The van der Waals surface area contributed by atoms with E-state index in [4.69, 9.17) is 0 Å². The summed E-state index contributed by atoms with van der Waals surface area (Å²) in [5.41, 5.74) is 2.51. The lowest BCUT2D eigenvalue weighted by atomic mass is 10.2. The Morgan fingerprint density at radius 2 is 1.83 bits per heavy atom. The van der Waals surface area contributed by atoms with Crippen molar-refractivity contribution in [2.24, 2.45) is 0 Å². The van der Waals surface area contributed by atoms with E-state index in [1.165, 1.54) is 0 Å². The molecule has 0 aliphatic carbocycles. The third-order valence-electron chi connectivity index (χ3n) is 3.41. The highest BCUT2D eigenvalue weighted by molar-refractivity contribution is 5.88. The second kappa shape index (κ2) is 7.36. The van der Waals surface area contributed by atoms with Crippen molar-refractivity contribution >= 4 is 11.7 Å². The van der Waals surface area contributed by atoms with E-state index in [1.54, 1.807) is 18.6 Å². The van der Waals surface area contributed by atoms with Crippen LogP contribution in [-0.2, 0) is 13.0 Å². The average Bonchev–Trinajstić information content (AvgIpc) is 3.10. The van der Waals surface area contributed by atoms with Crippen LogP contribution in [0.2, 0.25) is 0 Å². The Kier molecular flexibility index (Phi) is 4.81. The quantitative estimate of drug-likeness (QED) is 0.673. The molecule has 0 saturated carbocycles. The largest absolute Gasteiger partial charge is 0.341 e. The minimum Gasteiger partial charge on any atom is -0.341 e. The maximum absolute atomic E-state index is 11.9. The average molecular weight is 322 g/mol. The van der Waals surface area contributed by atoms with Crippen molar-refractivity contribution in [3.05, 3.63) is 60.6 Å². The van der Waals surface area contributed by atoms with Gasteiger partial charge in [0.25, 0.3) is 0 Å². The van der Waals surface area contributed by atoms with Gasteiger partial charge in [-0.05, 0) is 5.56 Å². The third-order valence-corrected chi connectivity index (χ3v) is 3.41. The molecule has 0 radical (unpaired) electrons. The first-order chi connectivity index (χ1) is 11.7. The van der Waals surface area contributed by atoms with Crippen LogP contribution in [0.25, 0.3) is 11.3 Å². The van der Waals surface area contributed by atoms with E-state index in [0.29, 0.717) is 18.1 Å². The molecule has 0 spiro atoms. The fourth-order valence-corrected chi connectivity index (χ4v) is 2.16. The summed E-state index contributed by atoms with van der Waals surface area (Å²) in [6, 6.07) is 9.56. The van der Waals surface area contributed by atoms with Crippen molar-refractivity contribution in [3.8, 4) is 11.3 Å². The van der Waals surface area contributed by atoms with Gasteiger partial charge in [0.1, 0.15) is 11.6 Å². The van der Waals surface area contributed by atoms with E-state index in [0.717, 1.165) is 23.5 Å².